The minimum atomic E-state index is -0.256. The first-order valence-corrected chi connectivity index (χ1v) is 6.58. The Labute approximate surface area is 98.8 Å². The van der Waals surface area contributed by atoms with Crippen LogP contribution in [0.25, 0.3) is 0 Å². The van der Waals surface area contributed by atoms with Gasteiger partial charge in [0.15, 0.2) is 0 Å². The quantitative estimate of drug-likeness (QED) is 0.627. The monoisotopic (exact) mass is 230 g/mol. The summed E-state index contributed by atoms with van der Waals surface area (Å²) >= 11 is 0. The van der Waals surface area contributed by atoms with Gasteiger partial charge >= 0.3 is 0 Å². The molecule has 0 aromatic rings. The van der Waals surface area contributed by atoms with Crippen LogP contribution in [0.2, 0.25) is 0 Å². The van der Waals surface area contributed by atoms with Gasteiger partial charge in [0.2, 0.25) is 0 Å². The van der Waals surface area contributed by atoms with Crippen LogP contribution >= 0.6 is 0 Å². The lowest BCUT2D eigenvalue weighted by atomic mass is 9.72. The van der Waals surface area contributed by atoms with Crippen molar-refractivity contribution < 1.29 is 14.9 Å². The molecule has 0 aliphatic heterocycles. The molecule has 1 saturated carbocycles. The minimum Gasteiger partial charge on any atom is -0.396 e. The fourth-order valence-corrected chi connectivity index (χ4v) is 2.88. The Bertz CT molecular complexity index is 172. The predicted molar refractivity (Wildman–Crippen MR) is 64.3 cm³/mol. The molecule has 0 amide bonds. The molecule has 1 aliphatic carbocycles. The topological polar surface area (TPSA) is 49.7 Å². The molecule has 0 aromatic heterocycles. The molecular formula is C13H26O3. The highest BCUT2D eigenvalue weighted by molar-refractivity contribution is 4.88. The third-order valence-electron chi connectivity index (χ3n) is 4.02. The van der Waals surface area contributed by atoms with Crippen LogP contribution in [-0.4, -0.2) is 36.6 Å². The van der Waals surface area contributed by atoms with Gasteiger partial charge in [-0.3, -0.25) is 0 Å². The molecule has 16 heavy (non-hydrogen) atoms. The molecule has 0 radical (unpaired) electrons. The highest BCUT2D eigenvalue weighted by Crippen LogP contribution is 2.42. The molecular weight excluding hydrogens is 204 g/mol. The molecule has 1 rings (SSSR count). The van der Waals surface area contributed by atoms with E-state index in [1.54, 1.807) is 0 Å². The molecule has 0 unspecified atom stereocenters. The summed E-state index contributed by atoms with van der Waals surface area (Å²) < 4.78 is 5.32. The minimum absolute atomic E-state index is 0.111. The first kappa shape index (κ1) is 13.9. The van der Waals surface area contributed by atoms with Gasteiger partial charge in [0, 0.05) is 18.6 Å². The molecule has 0 spiro atoms. The Hall–Kier alpha value is -0.120. The Morgan fingerprint density at radius 3 is 2.31 bits per heavy atom. The molecule has 1 aliphatic rings. The number of aliphatic hydroxyl groups is 2. The highest BCUT2D eigenvalue weighted by atomic mass is 16.5. The smallest absolute Gasteiger partial charge is 0.0512 e. The lowest BCUT2D eigenvalue weighted by Gasteiger charge is -2.36. The van der Waals surface area contributed by atoms with Gasteiger partial charge in [0.1, 0.15) is 0 Å². The van der Waals surface area contributed by atoms with Gasteiger partial charge in [-0.2, -0.15) is 0 Å². The molecule has 0 heterocycles. The summed E-state index contributed by atoms with van der Waals surface area (Å²) in [7, 11) is 0. The maximum Gasteiger partial charge on any atom is 0.0512 e. The third-order valence-corrected chi connectivity index (χ3v) is 4.02. The van der Waals surface area contributed by atoms with E-state index in [0.717, 1.165) is 38.9 Å². The van der Waals surface area contributed by atoms with Crippen molar-refractivity contribution in [3.8, 4) is 0 Å². The standard InChI is InChI=1S/C13H26O3/c1-2-16-9-5-8-13(10-14,11-15)12-6-3-4-7-12/h12,14-15H,2-11H2,1H3. The van der Waals surface area contributed by atoms with Crippen molar-refractivity contribution in [2.45, 2.75) is 45.4 Å². The first-order valence-electron chi connectivity index (χ1n) is 6.58. The number of ether oxygens (including phenoxy) is 1. The van der Waals surface area contributed by atoms with E-state index in [2.05, 4.69) is 0 Å². The summed E-state index contributed by atoms with van der Waals surface area (Å²) in [5.41, 5.74) is -0.256. The number of hydrogen-bond acceptors (Lipinski definition) is 3. The van der Waals surface area contributed by atoms with E-state index in [1.165, 1.54) is 12.8 Å². The molecule has 96 valence electrons. The molecule has 2 N–H and O–H groups in total. The van der Waals surface area contributed by atoms with Crippen LogP contribution in [-0.2, 0) is 4.74 Å². The van der Waals surface area contributed by atoms with Gasteiger partial charge in [-0.05, 0) is 38.5 Å². The van der Waals surface area contributed by atoms with E-state index in [4.69, 9.17) is 4.74 Å². The maximum atomic E-state index is 9.59. The lowest BCUT2D eigenvalue weighted by Crippen LogP contribution is -2.37. The average molecular weight is 230 g/mol. The summed E-state index contributed by atoms with van der Waals surface area (Å²) in [5, 5.41) is 19.2. The molecule has 0 atom stereocenters. The lowest BCUT2D eigenvalue weighted by molar-refractivity contribution is -0.00881. The second kappa shape index (κ2) is 7.25. The van der Waals surface area contributed by atoms with E-state index in [-0.39, 0.29) is 18.6 Å². The molecule has 1 fully saturated rings. The van der Waals surface area contributed by atoms with Gasteiger partial charge in [0.05, 0.1) is 13.2 Å². The normalized spacial score (nSPS) is 18.2. The van der Waals surface area contributed by atoms with Crippen LogP contribution in [0.4, 0.5) is 0 Å². The molecule has 3 nitrogen and oxygen atoms in total. The van der Waals surface area contributed by atoms with Crippen LogP contribution in [0.5, 0.6) is 0 Å². The van der Waals surface area contributed by atoms with Gasteiger partial charge in [0.25, 0.3) is 0 Å². The number of rotatable bonds is 8. The fraction of sp³-hybridized carbons (Fsp3) is 1.00. The van der Waals surface area contributed by atoms with Gasteiger partial charge < -0.3 is 14.9 Å². The molecule has 3 heteroatoms. The van der Waals surface area contributed by atoms with Crippen molar-refractivity contribution in [1.29, 1.82) is 0 Å². The zero-order valence-electron chi connectivity index (χ0n) is 10.5. The van der Waals surface area contributed by atoms with Crippen LogP contribution in [0, 0.1) is 11.3 Å². The van der Waals surface area contributed by atoms with Crippen molar-refractivity contribution in [3.63, 3.8) is 0 Å². The van der Waals surface area contributed by atoms with Crippen molar-refractivity contribution in [1.82, 2.24) is 0 Å². The van der Waals surface area contributed by atoms with Crippen LogP contribution in [0.1, 0.15) is 45.4 Å². The summed E-state index contributed by atoms with van der Waals surface area (Å²) in [4.78, 5) is 0. The second-order valence-corrected chi connectivity index (χ2v) is 4.96. The zero-order chi connectivity index (χ0) is 11.9. The van der Waals surface area contributed by atoms with Gasteiger partial charge in [-0.1, -0.05) is 12.8 Å². The van der Waals surface area contributed by atoms with Crippen LogP contribution in [0.15, 0.2) is 0 Å². The number of aliphatic hydroxyl groups excluding tert-OH is 2. The van der Waals surface area contributed by atoms with E-state index in [9.17, 15) is 10.2 Å². The Kier molecular flexibility index (Phi) is 6.32. The second-order valence-electron chi connectivity index (χ2n) is 4.96. The van der Waals surface area contributed by atoms with E-state index < -0.39 is 0 Å². The van der Waals surface area contributed by atoms with Crippen LogP contribution < -0.4 is 0 Å². The molecule has 0 aromatic carbocycles. The van der Waals surface area contributed by atoms with Gasteiger partial charge in [-0.25, -0.2) is 0 Å². The molecule has 0 saturated heterocycles. The summed E-state index contributed by atoms with van der Waals surface area (Å²) in [6.07, 6.45) is 6.64. The van der Waals surface area contributed by atoms with E-state index >= 15 is 0 Å². The largest absolute Gasteiger partial charge is 0.396 e. The summed E-state index contributed by atoms with van der Waals surface area (Å²) in [5.74, 6) is 0.504. The van der Waals surface area contributed by atoms with Crippen molar-refractivity contribution in [3.05, 3.63) is 0 Å². The SMILES string of the molecule is CCOCCCC(CO)(CO)C1CCCC1. The van der Waals surface area contributed by atoms with E-state index in [1.807, 2.05) is 6.92 Å². The number of hydrogen-bond donors (Lipinski definition) is 2. The Morgan fingerprint density at radius 1 is 1.19 bits per heavy atom. The maximum absolute atomic E-state index is 9.59. The van der Waals surface area contributed by atoms with Gasteiger partial charge in [-0.15, -0.1) is 0 Å². The Balaban J connectivity index is 2.43. The van der Waals surface area contributed by atoms with Crippen LogP contribution in [0.3, 0.4) is 0 Å². The van der Waals surface area contributed by atoms with E-state index in [0.29, 0.717) is 5.92 Å². The van der Waals surface area contributed by atoms with Crippen molar-refractivity contribution in [2.75, 3.05) is 26.4 Å². The van der Waals surface area contributed by atoms with Crippen molar-refractivity contribution in [2.24, 2.45) is 11.3 Å². The highest BCUT2D eigenvalue weighted by Gasteiger charge is 2.38. The van der Waals surface area contributed by atoms with Crippen molar-refractivity contribution >= 4 is 0 Å². The zero-order valence-corrected chi connectivity index (χ0v) is 10.5. The first-order chi connectivity index (χ1) is 7.79. The summed E-state index contributed by atoms with van der Waals surface area (Å²) in [6, 6.07) is 0. The fourth-order valence-electron chi connectivity index (χ4n) is 2.88. The Morgan fingerprint density at radius 2 is 1.81 bits per heavy atom. The third kappa shape index (κ3) is 3.44. The summed E-state index contributed by atoms with van der Waals surface area (Å²) in [6.45, 7) is 3.70. The average Bonchev–Trinajstić information content (AvgIpc) is 2.84. The molecule has 0 bridgehead atoms. The predicted octanol–water partition coefficient (Wildman–Crippen LogP) is 1.96.